The number of hydrogen-bond acceptors (Lipinski definition) is 3. The number of nitrogens with one attached hydrogen (secondary N) is 1. The second kappa shape index (κ2) is 6.50. The minimum absolute atomic E-state index is 0.195. The Kier molecular flexibility index (Phi) is 5.28. The molecule has 0 amide bonds. The molecule has 2 atom stereocenters. The molecule has 1 rings (SSSR count). The number of benzene rings is 1. The molecule has 0 fully saturated rings. The highest BCUT2D eigenvalue weighted by Gasteiger charge is 2.17. The lowest BCUT2D eigenvalue weighted by Crippen LogP contribution is -2.31. The summed E-state index contributed by atoms with van der Waals surface area (Å²) in [6.07, 6.45) is 1.11. The van der Waals surface area contributed by atoms with E-state index in [4.69, 9.17) is 0 Å². The third kappa shape index (κ3) is 3.53. The molecule has 0 heterocycles. The van der Waals surface area contributed by atoms with Crippen molar-refractivity contribution < 1.29 is 4.92 Å². The molecule has 4 nitrogen and oxygen atoms in total. The van der Waals surface area contributed by atoms with Crippen molar-refractivity contribution in [3.05, 3.63) is 39.4 Å². The zero-order valence-corrected chi connectivity index (χ0v) is 11.6. The molecule has 1 N–H and O–H groups in total. The first-order chi connectivity index (χ1) is 8.47. The molecule has 0 saturated heterocycles. The smallest absolute Gasteiger partial charge is 0.272 e. The number of hydrogen-bond donors (Lipinski definition) is 1. The Balaban J connectivity index is 2.83. The van der Waals surface area contributed by atoms with Gasteiger partial charge in [0.05, 0.1) is 4.92 Å². The first-order valence-corrected chi connectivity index (χ1v) is 6.45. The van der Waals surface area contributed by atoms with Crippen molar-refractivity contribution in [3.63, 3.8) is 0 Å². The van der Waals surface area contributed by atoms with Gasteiger partial charge in [-0.3, -0.25) is 10.1 Å². The van der Waals surface area contributed by atoms with Gasteiger partial charge >= 0.3 is 0 Å². The largest absolute Gasteiger partial charge is 0.314 e. The molecule has 0 aliphatic carbocycles. The minimum Gasteiger partial charge on any atom is -0.314 e. The summed E-state index contributed by atoms with van der Waals surface area (Å²) in [7, 11) is 0. The molecule has 0 radical (unpaired) electrons. The number of nitro benzene ring substituents is 1. The first kappa shape index (κ1) is 14.6. The monoisotopic (exact) mass is 250 g/mol. The van der Waals surface area contributed by atoms with Crippen LogP contribution in [0, 0.1) is 17.0 Å². The van der Waals surface area contributed by atoms with Crippen LogP contribution in [0.1, 0.15) is 44.2 Å². The van der Waals surface area contributed by atoms with Gasteiger partial charge in [-0.2, -0.15) is 0 Å². The van der Waals surface area contributed by atoms with Gasteiger partial charge in [0.15, 0.2) is 0 Å². The molecule has 0 spiro atoms. The molecule has 100 valence electrons. The van der Waals surface area contributed by atoms with Crippen molar-refractivity contribution in [2.45, 2.75) is 46.1 Å². The zero-order chi connectivity index (χ0) is 13.7. The van der Waals surface area contributed by atoms with Gasteiger partial charge < -0.3 is 5.32 Å². The van der Waals surface area contributed by atoms with Gasteiger partial charge in [0.1, 0.15) is 0 Å². The first-order valence-electron chi connectivity index (χ1n) is 6.45. The minimum atomic E-state index is -0.331. The van der Waals surface area contributed by atoms with Crippen LogP contribution < -0.4 is 5.32 Å². The summed E-state index contributed by atoms with van der Waals surface area (Å²) in [5.74, 6) is 0.344. The lowest BCUT2D eigenvalue weighted by atomic mass is 9.92. The standard InChI is InChI=1S/C14H22N2O2/c1-5-8-15-12(4)11(3)13-6-7-14(16(17)18)10(2)9-13/h6-7,9,11-12,15H,5,8H2,1-4H3. The van der Waals surface area contributed by atoms with Crippen molar-refractivity contribution in [1.82, 2.24) is 5.32 Å². The number of aryl methyl sites for hydroxylation is 1. The highest BCUT2D eigenvalue weighted by Crippen LogP contribution is 2.25. The lowest BCUT2D eigenvalue weighted by Gasteiger charge is -2.21. The second-order valence-electron chi connectivity index (χ2n) is 4.83. The van der Waals surface area contributed by atoms with E-state index in [1.54, 1.807) is 13.0 Å². The van der Waals surface area contributed by atoms with E-state index in [1.165, 1.54) is 0 Å². The van der Waals surface area contributed by atoms with E-state index in [2.05, 4.69) is 26.1 Å². The quantitative estimate of drug-likeness (QED) is 0.622. The maximum Gasteiger partial charge on any atom is 0.272 e. The van der Waals surface area contributed by atoms with Gasteiger partial charge in [0, 0.05) is 17.7 Å². The van der Waals surface area contributed by atoms with Crippen LogP contribution in [0.5, 0.6) is 0 Å². The van der Waals surface area contributed by atoms with Crippen molar-refractivity contribution in [3.8, 4) is 0 Å². The van der Waals surface area contributed by atoms with E-state index in [0.717, 1.165) is 24.1 Å². The average molecular weight is 250 g/mol. The van der Waals surface area contributed by atoms with Crippen LogP contribution in [0.25, 0.3) is 0 Å². The zero-order valence-electron chi connectivity index (χ0n) is 11.6. The van der Waals surface area contributed by atoms with Crippen LogP contribution in [0.15, 0.2) is 18.2 Å². The van der Waals surface area contributed by atoms with Crippen LogP contribution in [-0.4, -0.2) is 17.5 Å². The van der Waals surface area contributed by atoms with Gasteiger partial charge in [0.2, 0.25) is 0 Å². The van der Waals surface area contributed by atoms with Crippen molar-refractivity contribution in [2.24, 2.45) is 0 Å². The summed E-state index contributed by atoms with van der Waals surface area (Å²) in [4.78, 5) is 10.4. The Morgan fingerprint density at radius 1 is 1.39 bits per heavy atom. The molecule has 4 heteroatoms. The predicted molar refractivity (Wildman–Crippen MR) is 74.0 cm³/mol. The van der Waals surface area contributed by atoms with Gasteiger partial charge in [0.25, 0.3) is 5.69 Å². The Hall–Kier alpha value is -1.42. The van der Waals surface area contributed by atoms with E-state index in [-0.39, 0.29) is 10.6 Å². The highest BCUT2D eigenvalue weighted by atomic mass is 16.6. The maximum absolute atomic E-state index is 10.8. The molecule has 1 aromatic carbocycles. The summed E-state index contributed by atoms with van der Waals surface area (Å²) in [6, 6.07) is 5.76. The predicted octanol–water partition coefficient (Wildman–Crippen LogP) is 3.39. The SMILES string of the molecule is CCCNC(C)C(C)c1ccc([N+](=O)[O-])c(C)c1. The molecule has 18 heavy (non-hydrogen) atoms. The van der Waals surface area contributed by atoms with Crippen molar-refractivity contribution in [1.29, 1.82) is 0 Å². The summed E-state index contributed by atoms with van der Waals surface area (Å²) >= 11 is 0. The molecule has 0 aliphatic rings. The Morgan fingerprint density at radius 2 is 2.06 bits per heavy atom. The van der Waals surface area contributed by atoms with E-state index in [9.17, 15) is 10.1 Å². The number of nitro groups is 1. The van der Waals surface area contributed by atoms with E-state index >= 15 is 0 Å². The molecule has 0 saturated carbocycles. The van der Waals surface area contributed by atoms with Gasteiger partial charge in [-0.15, -0.1) is 0 Å². The normalized spacial score (nSPS) is 14.2. The fourth-order valence-corrected chi connectivity index (χ4v) is 2.00. The molecular formula is C14H22N2O2. The molecule has 0 bridgehead atoms. The van der Waals surface area contributed by atoms with Crippen molar-refractivity contribution in [2.75, 3.05) is 6.54 Å². The van der Waals surface area contributed by atoms with Crippen LogP contribution in [-0.2, 0) is 0 Å². The van der Waals surface area contributed by atoms with Gasteiger partial charge in [-0.1, -0.05) is 19.9 Å². The fraction of sp³-hybridized carbons (Fsp3) is 0.571. The molecule has 2 unspecified atom stereocenters. The van der Waals surface area contributed by atoms with Crippen LogP contribution in [0.4, 0.5) is 5.69 Å². The third-order valence-corrected chi connectivity index (χ3v) is 3.41. The Labute approximate surface area is 109 Å². The van der Waals surface area contributed by atoms with Gasteiger partial charge in [-0.25, -0.2) is 0 Å². The molecule has 1 aromatic rings. The summed E-state index contributed by atoms with van der Waals surface area (Å²) < 4.78 is 0. The van der Waals surface area contributed by atoms with Crippen LogP contribution in [0.2, 0.25) is 0 Å². The van der Waals surface area contributed by atoms with E-state index in [1.807, 2.05) is 12.1 Å². The Bertz CT molecular complexity index is 418. The van der Waals surface area contributed by atoms with Crippen LogP contribution >= 0.6 is 0 Å². The van der Waals surface area contributed by atoms with Crippen LogP contribution in [0.3, 0.4) is 0 Å². The third-order valence-electron chi connectivity index (χ3n) is 3.41. The number of nitrogens with zero attached hydrogens (tertiary/aromatic N) is 1. The molecule has 0 aliphatic heterocycles. The second-order valence-corrected chi connectivity index (χ2v) is 4.83. The highest BCUT2D eigenvalue weighted by molar-refractivity contribution is 5.42. The fourth-order valence-electron chi connectivity index (χ4n) is 2.00. The average Bonchev–Trinajstić information content (AvgIpc) is 2.34. The van der Waals surface area contributed by atoms with Gasteiger partial charge in [-0.05, 0) is 44.4 Å². The Morgan fingerprint density at radius 3 is 2.56 bits per heavy atom. The summed E-state index contributed by atoms with van der Waals surface area (Å²) in [6.45, 7) is 9.22. The van der Waals surface area contributed by atoms with Crippen molar-refractivity contribution >= 4 is 5.69 Å². The maximum atomic E-state index is 10.8. The lowest BCUT2D eigenvalue weighted by molar-refractivity contribution is -0.385. The molecular weight excluding hydrogens is 228 g/mol. The summed E-state index contributed by atoms with van der Waals surface area (Å²) in [5.41, 5.74) is 2.07. The topological polar surface area (TPSA) is 55.2 Å². The van der Waals surface area contributed by atoms with E-state index in [0.29, 0.717) is 12.0 Å². The number of rotatable bonds is 6. The summed E-state index contributed by atoms with van der Waals surface area (Å²) in [5, 5.41) is 14.2. The molecule has 0 aromatic heterocycles. The van der Waals surface area contributed by atoms with E-state index < -0.39 is 0 Å².